The minimum Gasteiger partial charge on any atom is -0.352 e. The largest absolute Gasteiger partial charge is 0.352 e. The molecule has 1 unspecified atom stereocenters. The van der Waals surface area contributed by atoms with Crippen LogP contribution in [0.3, 0.4) is 0 Å². The van der Waals surface area contributed by atoms with Crippen LogP contribution in [0.4, 0.5) is 10.1 Å². The Kier molecular flexibility index (Phi) is 10.3. The molecule has 0 bridgehead atoms. The molecule has 0 radical (unpaired) electrons. The normalized spacial score (nSPS) is 14.4. The van der Waals surface area contributed by atoms with Gasteiger partial charge in [0.1, 0.15) is 18.4 Å². The molecular weight excluding hydrogens is 588 g/mol. The number of anilines is 1. The average Bonchev–Trinajstić information content (AvgIpc) is 3.44. The van der Waals surface area contributed by atoms with Gasteiger partial charge in [-0.25, -0.2) is 12.8 Å². The first-order valence-corrected chi connectivity index (χ1v) is 15.9. The van der Waals surface area contributed by atoms with Gasteiger partial charge in [0.25, 0.3) is 0 Å². The third-order valence-corrected chi connectivity index (χ3v) is 9.02. The summed E-state index contributed by atoms with van der Waals surface area (Å²) in [6.07, 6.45) is 4.80. The van der Waals surface area contributed by atoms with Crippen LogP contribution >= 0.6 is 23.2 Å². The standard InChI is InChI=1S/C30H32Cl2FN3O4S/c1-41(39,40)36(24-15-16-25(31)26(32)18-24)20-29(37)35(19-22-11-5-8-14-27(22)33)28(17-21-9-3-2-4-10-21)30(38)34-23-12-6-7-13-23/h2-5,8-11,14-16,18,23,28H,6-7,12-13,17,19-20H2,1H3,(H,34,38). The summed E-state index contributed by atoms with van der Waals surface area (Å²) in [5.74, 6) is -1.58. The third kappa shape index (κ3) is 8.21. The molecule has 0 aromatic heterocycles. The molecule has 1 saturated carbocycles. The predicted molar refractivity (Wildman–Crippen MR) is 160 cm³/mol. The Morgan fingerprint density at radius 2 is 1.63 bits per heavy atom. The monoisotopic (exact) mass is 619 g/mol. The van der Waals surface area contributed by atoms with Crippen molar-refractivity contribution in [2.75, 3.05) is 17.1 Å². The number of carbonyl (C=O) groups excluding carboxylic acids is 2. The highest BCUT2D eigenvalue weighted by atomic mass is 35.5. The average molecular weight is 621 g/mol. The van der Waals surface area contributed by atoms with Gasteiger partial charge in [0.2, 0.25) is 21.8 Å². The van der Waals surface area contributed by atoms with Gasteiger partial charge < -0.3 is 10.2 Å². The topological polar surface area (TPSA) is 86.8 Å². The van der Waals surface area contributed by atoms with Crippen molar-refractivity contribution in [3.63, 3.8) is 0 Å². The van der Waals surface area contributed by atoms with Gasteiger partial charge in [0.05, 0.1) is 22.0 Å². The lowest BCUT2D eigenvalue weighted by Gasteiger charge is -2.34. The SMILES string of the molecule is CS(=O)(=O)N(CC(=O)N(Cc1ccccc1F)C(Cc1ccccc1)C(=O)NC1CCCC1)c1ccc(Cl)c(Cl)c1. The van der Waals surface area contributed by atoms with E-state index in [1.165, 1.54) is 41.3 Å². The lowest BCUT2D eigenvalue weighted by atomic mass is 10.0. The van der Waals surface area contributed by atoms with Crippen molar-refractivity contribution in [1.29, 1.82) is 0 Å². The second kappa shape index (κ2) is 13.7. The predicted octanol–water partition coefficient (Wildman–Crippen LogP) is 5.60. The van der Waals surface area contributed by atoms with E-state index in [0.717, 1.165) is 41.8 Å². The molecule has 11 heteroatoms. The number of rotatable bonds is 11. The molecule has 218 valence electrons. The van der Waals surface area contributed by atoms with Crippen LogP contribution in [-0.4, -0.2) is 50.0 Å². The molecule has 4 rings (SSSR count). The van der Waals surface area contributed by atoms with E-state index in [4.69, 9.17) is 23.2 Å². The quantitative estimate of drug-likeness (QED) is 0.303. The molecule has 1 N–H and O–H groups in total. The van der Waals surface area contributed by atoms with E-state index in [9.17, 15) is 22.4 Å². The Morgan fingerprint density at radius 3 is 2.27 bits per heavy atom. The second-order valence-electron chi connectivity index (χ2n) is 10.2. The van der Waals surface area contributed by atoms with E-state index in [1.54, 1.807) is 6.07 Å². The number of halogens is 3. The summed E-state index contributed by atoms with van der Waals surface area (Å²) >= 11 is 12.2. The third-order valence-electron chi connectivity index (χ3n) is 7.14. The van der Waals surface area contributed by atoms with Gasteiger partial charge in [0, 0.05) is 24.6 Å². The van der Waals surface area contributed by atoms with Crippen LogP contribution in [0.2, 0.25) is 10.0 Å². The zero-order valence-corrected chi connectivity index (χ0v) is 24.9. The number of sulfonamides is 1. The molecule has 0 heterocycles. The highest BCUT2D eigenvalue weighted by Gasteiger charge is 2.34. The van der Waals surface area contributed by atoms with Crippen molar-refractivity contribution >= 4 is 50.7 Å². The maximum atomic E-state index is 14.9. The molecular formula is C30H32Cl2FN3O4S. The molecule has 1 atom stereocenters. The molecule has 1 aliphatic rings. The van der Waals surface area contributed by atoms with Crippen LogP contribution in [0, 0.1) is 5.82 Å². The van der Waals surface area contributed by atoms with Crippen molar-refractivity contribution in [1.82, 2.24) is 10.2 Å². The molecule has 0 aliphatic heterocycles. The maximum Gasteiger partial charge on any atom is 0.244 e. The van der Waals surface area contributed by atoms with Crippen LogP contribution in [0.1, 0.15) is 36.8 Å². The highest BCUT2D eigenvalue weighted by molar-refractivity contribution is 7.92. The van der Waals surface area contributed by atoms with Gasteiger partial charge in [-0.05, 0) is 42.7 Å². The van der Waals surface area contributed by atoms with E-state index in [2.05, 4.69) is 5.32 Å². The molecule has 0 saturated heterocycles. The van der Waals surface area contributed by atoms with E-state index in [1.807, 2.05) is 30.3 Å². The molecule has 2 amide bonds. The molecule has 7 nitrogen and oxygen atoms in total. The summed E-state index contributed by atoms with van der Waals surface area (Å²) in [6, 6.07) is 18.4. The van der Waals surface area contributed by atoms with Crippen LogP contribution < -0.4 is 9.62 Å². The lowest BCUT2D eigenvalue weighted by molar-refractivity contribution is -0.140. The zero-order valence-electron chi connectivity index (χ0n) is 22.6. The number of hydrogen-bond donors (Lipinski definition) is 1. The minimum absolute atomic E-state index is 0.0186. The maximum absolute atomic E-state index is 14.9. The first kappa shape index (κ1) is 30.8. The Bertz CT molecular complexity index is 1480. The highest BCUT2D eigenvalue weighted by Crippen LogP contribution is 2.29. The van der Waals surface area contributed by atoms with Gasteiger partial charge in [-0.2, -0.15) is 0 Å². The fraction of sp³-hybridized carbons (Fsp3) is 0.333. The summed E-state index contributed by atoms with van der Waals surface area (Å²) in [7, 11) is -3.97. The second-order valence-corrected chi connectivity index (χ2v) is 12.9. The molecule has 1 fully saturated rings. The van der Waals surface area contributed by atoms with E-state index < -0.39 is 34.3 Å². The molecule has 3 aromatic carbocycles. The van der Waals surface area contributed by atoms with Crippen molar-refractivity contribution in [3.8, 4) is 0 Å². The van der Waals surface area contributed by atoms with Crippen molar-refractivity contribution in [2.24, 2.45) is 0 Å². The Balaban J connectivity index is 1.74. The number of hydrogen-bond acceptors (Lipinski definition) is 4. The summed E-state index contributed by atoms with van der Waals surface area (Å²) in [5, 5.41) is 3.42. The smallest absolute Gasteiger partial charge is 0.244 e. The Morgan fingerprint density at radius 1 is 0.976 bits per heavy atom. The van der Waals surface area contributed by atoms with Gasteiger partial charge in [0.15, 0.2) is 0 Å². The fourth-order valence-electron chi connectivity index (χ4n) is 4.99. The van der Waals surface area contributed by atoms with Crippen molar-refractivity contribution in [3.05, 3.63) is 99.8 Å². The molecule has 41 heavy (non-hydrogen) atoms. The summed E-state index contributed by atoms with van der Waals surface area (Å²) < 4.78 is 41.5. The van der Waals surface area contributed by atoms with Crippen LogP contribution in [0.25, 0.3) is 0 Å². The first-order valence-electron chi connectivity index (χ1n) is 13.3. The number of amides is 2. The number of nitrogens with one attached hydrogen (secondary N) is 1. The lowest BCUT2D eigenvalue weighted by Crippen LogP contribution is -2.54. The minimum atomic E-state index is -3.97. The number of nitrogens with zero attached hydrogens (tertiary/aromatic N) is 2. The van der Waals surface area contributed by atoms with E-state index in [0.29, 0.717) is 0 Å². The number of carbonyl (C=O) groups is 2. The van der Waals surface area contributed by atoms with Crippen LogP contribution in [0.15, 0.2) is 72.8 Å². The first-order chi connectivity index (χ1) is 19.5. The fourth-order valence-corrected chi connectivity index (χ4v) is 6.12. The summed E-state index contributed by atoms with van der Waals surface area (Å²) in [4.78, 5) is 29.1. The van der Waals surface area contributed by atoms with E-state index in [-0.39, 0.29) is 46.2 Å². The number of benzene rings is 3. The van der Waals surface area contributed by atoms with Gasteiger partial charge in [-0.3, -0.25) is 13.9 Å². The molecule has 1 aliphatic carbocycles. The summed E-state index contributed by atoms with van der Waals surface area (Å²) in [6.45, 7) is -0.868. The Hall–Kier alpha value is -3.14. The zero-order chi connectivity index (χ0) is 29.6. The molecule has 3 aromatic rings. The van der Waals surface area contributed by atoms with Gasteiger partial charge in [-0.1, -0.05) is 84.6 Å². The molecule has 0 spiro atoms. The van der Waals surface area contributed by atoms with Crippen molar-refractivity contribution in [2.45, 2.75) is 50.7 Å². The Labute approximate surface area is 250 Å². The van der Waals surface area contributed by atoms with Crippen molar-refractivity contribution < 1.29 is 22.4 Å². The van der Waals surface area contributed by atoms with Crippen LogP contribution in [-0.2, 0) is 32.6 Å². The summed E-state index contributed by atoms with van der Waals surface area (Å²) in [5.41, 5.74) is 1.14. The van der Waals surface area contributed by atoms with Gasteiger partial charge in [-0.15, -0.1) is 0 Å². The van der Waals surface area contributed by atoms with Crippen LogP contribution in [0.5, 0.6) is 0 Å². The van der Waals surface area contributed by atoms with Gasteiger partial charge >= 0.3 is 0 Å². The van der Waals surface area contributed by atoms with E-state index >= 15 is 0 Å².